The minimum Gasteiger partial charge on any atom is -0.324 e. The minimum absolute atomic E-state index is 0.0481. The van der Waals surface area contributed by atoms with E-state index in [0.29, 0.717) is 29.8 Å². The highest BCUT2D eigenvalue weighted by molar-refractivity contribution is 7.99. The number of carbonyl (C=O) groups is 1. The molecule has 0 aliphatic carbocycles. The quantitative estimate of drug-likeness (QED) is 0.290. The first-order chi connectivity index (χ1) is 18.3. The molecule has 12 heteroatoms. The number of aromatic nitrogens is 3. The van der Waals surface area contributed by atoms with Crippen molar-refractivity contribution in [1.82, 2.24) is 19.1 Å². The largest absolute Gasteiger partial charge is 0.324 e. The van der Waals surface area contributed by atoms with E-state index in [-0.39, 0.29) is 27.2 Å². The van der Waals surface area contributed by atoms with E-state index in [4.69, 9.17) is 11.6 Å². The summed E-state index contributed by atoms with van der Waals surface area (Å²) in [6.07, 6.45) is 1.64. The molecule has 0 bridgehead atoms. The van der Waals surface area contributed by atoms with Gasteiger partial charge in [-0.3, -0.25) is 9.36 Å². The lowest BCUT2D eigenvalue weighted by molar-refractivity contribution is -0.113. The Morgan fingerprint density at radius 1 is 1.00 bits per heavy atom. The molecule has 5 rings (SSSR count). The third-order valence-electron chi connectivity index (χ3n) is 6.00. The molecule has 1 aromatic heterocycles. The monoisotopic (exact) mass is 571 g/mol. The molecule has 0 atom stereocenters. The summed E-state index contributed by atoms with van der Waals surface area (Å²) in [6, 6.07) is 19.6. The molecule has 0 radical (unpaired) electrons. The van der Waals surface area contributed by atoms with Crippen LogP contribution in [-0.2, 0) is 14.8 Å². The molecule has 1 amide bonds. The van der Waals surface area contributed by atoms with E-state index in [0.717, 1.165) is 30.2 Å². The summed E-state index contributed by atoms with van der Waals surface area (Å²) in [5.41, 5.74) is 1.66. The number of nitrogens with zero attached hydrogens (tertiary/aromatic N) is 4. The topological polar surface area (TPSA) is 97.2 Å². The van der Waals surface area contributed by atoms with Gasteiger partial charge in [0, 0.05) is 24.3 Å². The van der Waals surface area contributed by atoms with Crippen LogP contribution in [-0.4, -0.2) is 52.2 Å². The lowest BCUT2D eigenvalue weighted by Crippen LogP contribution is -2.28. The lowest BCUT2D eigenvalue weighted by atomic mass is 10.2. The van der Waals surface area contributed by atoms with E-state index >= 15 is 0 Å². The van der Waals surface area contributed by atoms with Gasteiger partial charge in [0.2, 0.25) is 15.9 Å². The number of anilines is 1. The summed E-state index contributed by atoms with van der Waals surface area (Å²) in [5, 5.41) is 11.9. The molecule has 1 aliphatic heterocycles. The molecule has 38 heavy (non-hydrogen) atoms. The number of amides is 1. The number of halogens is 2. The smallest absolute Gasteiger partial charge is 0.243 e. The molecule has 196 valence electrons. The Labute approximate surface area is 228 Å². The van der Waals surface area contributed by atoms with Gasteiger partial charge < -0.3 is 5.32 Å². The molecular weight excluding hydrogens is 549 g/mol. The Kier molecular flexibility index (Phi) is 7.80. The summed E-state index contributed by atoms with van der Waals surface area (Å²) in [7, 11) is -3.66. The van der Waals surface area contributed by atoms with Crippen molar-refractivity contribution in [3.8, 4) is 17.1 Å². The van der Waals surface area contributed by atoms with Crippen molar-refractivity contribution in [3.63, 3.8) is 0 Å². The van der Waals surface area contributed by atoms with E-state index in [1.165, 1.54) is 34.6 Å². The molecule has 1 fully saturated rings. The summed E-state index contributed by atoms with van der Waals surface area (Å²) in [5.74, 6) is -0.277. The molecular formula is C26H23ClFN5O3S2. The molecule has 0 unspecified atom stereocenters. The molecule has 0 saturated carbocycles. The zero-order chi connectivity index (χ0) is 26.7. The van der Waals surface area contributed by atoms with Gasteiger partial charge in [0.1, 0.15) is 5.82 Å². The third kappa shape index (κ3) is 5.60. The highest BCUT2D eigenvalue weighted by atomic mass is 35.5. The van der Waals surface area contributed by atoms with Crippen LogP contribution in [0.15, 0.2) is 82.8 Å². The van der Waals surface area contributed by atoms with Gasteiger partial charge in [-0.1, -0.05) is 53.7 Å². The Balaban J connectivity index is 1.36. The standard InChI is InChI=1S/C26H23ClFN5O3S2/c27-22-13-12-21(38(35,36)32-14-4-5-15-32)16-23(22)29-24(34)17-37-26-31-30-25(18-6-2-1-3-7-18)33(26)20-10-8-19(28)9-11-20/h1-3,6-13,16H,4-5,14-15,17H2,(H,29,34). The van der Waals surface area contributed by atoms with Crippen molar-refractivity contribution < 1.29 is 17.6 Å². The van der Waals surface area contributed by atoms with E-state index in [2.05, 4.69) is 15.5 Å². The number of carbonyl (C=O) groups excluding carboxylic acids is 1. The number of sulfonamides is 1. The fourth-order valence-electron chi connectivity index (χ4n) is 4.12. The predicted molar refractivity (Wildman–Crippen MR) is 146 cm³/mol. The second-order valence-electron chi connectivity index (χ2n) is 8.57. The fraction of sp³-hybridized carbons (Fsp3) is 0.192. The third-order valence-corrected chi connectivity index (χ3v) is 9.15. The molecule has 1 saturated heterocycles. The molecule has 0 spiro atoms. The van der Waals surface area contributed by atoms with E-state index in [1.54, 1.807) is 16.7 Å². The Bertz CT molecular complexity index is 1560. The molecule has 4 aromatic rings. The van der Waals surface area contributed by atoms with Crippen LogP contribution in [0.2, 0.25) is 5.02 Å². The summed E-state index contributed by atoms with van der Waals surface area (Å²) < 4.78 is 42.6. The molecule has 8 nitrogen and oxygen atoms in total. The maximum absolute atomic E-state index is 13.6. The lowest BCUT2D eigenvalue weighted by Gasteiger charge is -2.16. The van der Waals surface area contributed by atoms with Crippen LogP contribution >= 0.6 is 23.4 Å². The number of thioether (sulfide) groups is 1. The first-order valence-electron chi connectivity index (χ1n) is 11.8. The Morgan fingerprint density at radius 2 is 1.71 bits per heavy atom. The van der Waals surface area contributed by atoms with Crippen molar-refractivity contribution in [2.45, 2.75) is 22.9 Å². The highest BCUT2D eigenvalue weighted by Crippen LogP contribution is 2.30. The van der Waals surface area contributed by atoms with Crippen LogP contribution < -0.4 is 5.32 Å². The molecule has 3 aromatic carbocycles. The first kappa shape index (κ1) is 26.4. The van der Waals surface area contributed by atoms with Crippen molar-refractivity contribution in [2.24, 2.45) is 0 Å². The number of rotatable bonds is 8. The number of hydrogen-bond acceptors (Lipinski definition) is 6. The second kappa shape index (κ2) is 11.2. The van der Waals surface area contributed by atoms with Crippen molar-refractivity contribution >= 4 is 45.0 Å². The van der Waals surface area contributed by atoms with Crippen LogP contribution in [0, 0.1) is 5.82 Å². The SMILES string of the molecule is O=C(CSc1nnc(-c2ccccc2)n1-c1ccc(F)cc1)Nc1cc(S(=O)(=O)N2CCCC2)ccc1Cl. The van der Waals surface area contributed by atoms with Gasteiger partial charge in [0.15, 0.2) is 11.0 Å². The maximum atomic E-state index is 13.6. The van der Waals surface area contributed by atoms with Gasteiger partial charge in [0.05, 0.1) is 21.4 Å². The second-order valence-corrected chi connectivity index (χ2v) is 11.9. The predicted octanol–water partition coefficient (Wildman–Crippen LogP) is 5.24. The molecule has 1 N–H and O–H groups in total. The van der Waals surface area contributed by atoms with Gasteiger partial charge in [0.25, 0.3) is 0 Å². The van der Waals surface area contributed by atoms with Gasteiger partial charge in [-0.15, -0.1) is 10.2 Å². The molecule has 2 heterocycles. The van der Waals surface area contributed by atoms with Crippen LogP contribution in [0.4, 0.5) is 10.1 Å². The average molecular weight is 572 g/mol. The number of hydrogen-bond donors (Lipinski definition) is 1. The van der Waals surface area contributed by atoms with Crippen LogP contribution in [0.5, 0.6) is 0 Å². The summed E-state index contributed by atoms with van der Waals surface area (Å²) in [4.78, 5) is 12.9. The number of benzene rings is 3. The zero-order valence-corrected chi connectivity index (χ0v) is 22.4. The first-order valence-corrected chi connectivity index (χ1v) is 14.6. The van der Waals surface area contributed by atoms with Gasteiger partial charge in [-0.25, -0.2) is 12.8 Å². The van der Waals surface area contributed by atoms with Crippen molar-refractivity contribution in [2.75, 3.05) is 24.2 Å². The van der Waals surface area contributed by atoms with E-state index < -0.39 is 15.9 Å². The minimum atomic E-state index is -3.66. The Hall–Kier alpha value is -3.25. The Morgan fingerprint density at radius 3 is 2.42 bits per heavy atom. The van der Waals surface area contributed by atoms with Crippen LogP contribution in [0.1, 0.15) is 12.8 Å². The normalized spacial score (nSPS) is 14.1. The zero-order valence-electron chi connectivity index (χ0n) is 20.0. The van der Waals surface area contributed by atoms with Crippen LogP contribution in [0.3, 0.4) is 0 Å². The van der Waals surface area contributed by atoms with E-state index in [9.17, 15) is 17.6 Å². The van der Waals surface area contributed by atoms with Crippen molar-refractivity contribution in [1.29, 1.82) is 0 Å². The summed E-state index contributed by atoms with van der Waals surface area (Å²) >= 11 is 7.41. The van der Waals surface area contributed by atoms with Crippen molar-refractivity contribution in [3.05, 3.63) is 83.6 Å². The van der Waals surface area contributed by atoms with Gasteiger partial charge >= 0.3 is 0 Å². The molecule has 1 aliphatic rings. The summed E-state index contributed by atoms with van der Waals surface area (Å²) in [6.45, 7) is 0.950. The highest BCUT2D eigenvalue weighted by Gasteiger charge is 2.28. The van der Waals surface area contributed by atoms with Crippen LogP contribution in [0.25, 0.3) is 17.1 Å². The average Bonchev–Trinajstić information content (AvgIpc) is 3.61. The van der Waals surface area contributed by atoms with E-state index in [1.807, 2.05) is 30.3 Å². The maximum Gasteiger partial charge on any atom is 0.243 e. The van der Waals surface area contributed by atoms with Gasteiger partial charge in [-0.2, -0.15) is 4.31 Å². The number of nitrogens with one attached hydrogen (secondary N) is 1. The van der Waals surface area contributed by atoms with Gasteiger partial charge in [-0.05, 0) is 55.3 Å². The fourth-order valence-corrected chi connectivity index (χ4v) is 6.58.